The molecule has 0 bridgehead atoms. The molecule has 0 aliphatic carbocycles. The summed E-state index contributed by atoms with van der Waals surface area (Å²) in [5.41, 5.74) is 0.680. The molecule has 96 valence electrons. The molecule has 1 aromatic carbocycles. The molecule has 0 amide bonds. The van der Waals surface area contributed by atoms with Crippen LogP contribution in [0.5, 0.6) is 0 Å². The van der Waals surface area contributed by atoms with Crippen molar-refractivity contribution in [3.8, 4) is 0 Å². The Morgan fingerprint density at radius 3 is 2.56 bits per heavy atom. The van der Waals surface area contributed by atoms with Crippen molar-refractivity contribution in [2.75, 3.05) is 11.7 Å². The fourth-order valence-electron chi connectivity index (χ4n) is 1.36. The molecule has 0 radical (unpaired) electrons. The van der Waals surface area contributed by atoms with Crippen LogP contribution < -0.4 is 5.01 Å². The van der Waals surface area contributed by atoms with E-state index in [1.54, 1.807) is 24.3 Å². The molecule has 18 heavy (non-hydrogen) atoms. The van der Waals surface area contributed by atoms with Gasteiger partial charge in [-0.3, -0.25) is 0 Å². The third kappa shape index (κ3) is 2.95. The van der Waals surface area contributed by atoms with Crippen molar-refractivity contribution in [2.45, 2.75) is 6.42 Å². The van der Waals surface area contributed by atoms with Crippen molar-refractivity contribution in [1.82, 2.24) is 0 Å². The van der Waals surface area contributed by atoms with Crippen LogP contribution in [0.25, 0.3) is 0 Å². The molecule has 0 atom stereocenters. The second-order valence-electron chi connectivity index (χ2n) is 3.49. The number of hydrogen-bond acceptors (Lipinski definition) is 3. The maximum atomic E-state index is 12.7. The normalized spacial score (nSPS) is 14.2. The Labute approximate surface area is 106 Å². The van der Waals surface area contributed by atoms with Crippen molar-refractivity contribution < 1.29 is 17.9 Å². The van der Waals surface area contributed by atoms with Gasteiger partial charge < -0.3 is 4.74 Å². The lowest BCUT2D eigenvalue weighted by Gasteiger charge is -2.10. The first-order valence-corrected chi connectivity index (χ1v) is 5.37. The molecular weight excluding hydrogens is 269 g/mol. The van der Waals surface area contributed by atoms with Crippen LogP contribution in [-0.4, -0.2) is 12.6 Å². The summed E-state index contributed by atoms with van der Waals surface area (Å²) in [6.07, 6.45) is -3.00. The Bertz CT molecular complexity index is 498. The van der Waals surface area contributed by atoms with Gasteiger partial charge in [-0.1, -0.05) is 11.6 Å². The van der Waals surface area contributed by atoms with Gasteiger partial charge in [-0.05, 0) is 24.3 Å². The van der Waals surface area contributed by atoms with E-state index in [1.807, 2.05) is 0 Å². The Kier molecular flexibility index (Phi) is 3.76. The van der Waals surface area contributed by atoms with Crippen LogP contribution in [0.15, 0.2) is 41.3 Å². The highest BCUT2D eigenvalue weighted by molar-refractivity contribution is 6.30. The van der Waals surface area contributed by atoms with Crippen LogP contribution in [0.4, 0.5) is 18.9 Å². The smallest absolute Gasteiger partial charge is 0.302 e. The van der Waals surface area contributed by atoms with Gasteiger partial charge in [0.2, 0.25) is 5.90 Å². The number of hydrogen-bond donors (Lipinski definition) is 0. The highest BCUT2D eigenvalue weighted by atomic mass is 35.5. The van der Waals surface area contributed by atoms with Gasteiger partial charge in [0, 0.05) is 5.02 Å². The predicted octanol–water partition coefficient (Wildman–Crippen LogP) is 3.92. The molecule has 1 heterocycles. The minimum atomic E-state index is -2.36. The first-order chi connectivity index (χ1) is 8.56. The van der Waals surface area contributed by atoms with Gasteiger partial charge >= 0.3 is 6.08 Å². The van der Waals surface area contributed by atoms with Crippen LogP contribution in [0, 0.1) is 0 Å². The molecule has 0 saturated carbocycles. The lowest BCUT2D eigenvalue weighted by molar-refractivity contribution is 0.322. The Balaban J connectivity index is 2.08. The monoisotopic (exact) mass is 276 g/mol. The average molecular weight is 277 g/mol. The summed E-state index contributed by atoms with van der Waals surface area (Å²) in [7, 11) is 0. The van der Waals surface area contributed by atoms with E-state index in [0.717, 1.165) is 0 Å². The quantitative estimate of drug-likeness (QED) is 0.836. The van der Waals surface area contributed by atoms with Crippen LogP contribution >= 0.6 is 11.6 Å². The number of hydrazone groups is 1. The van der Waals surface area contributed by atoms with Crippen LogP contribution in [-0.2, 0) is 4.74 Å². The lowest BCUT2D eigenvalue weighted by atomic mass is 10.3. The highest BCUT2D eigenvalue weighted by Crippen LogP contribution is 2.23. The predicted molar refractivity (Wildman–Crippen MR) is 62.3 cm³/mol. The van der Waals surface area contributed by atoms with E-state index in [0.29, 0.717) is 10.7 Å². The van der Waals surface area contributed by atoms with E-state index in [1.165, 1.54) is 5.01 Å². The molecule has 3 nitrogen and oxygen atoms in total. The lowest BCUT2D eigenvalue weighted by Crippen LogP contribution is -2.12. The molecule has 0 unspecified atom stereocenters. The van der Waals surface area contributed by atoms with E-state index in [2.05, 4.69) is 5.10 Å². The summed E-state index contributed by atoms with van der Waals surface area (Å²) < 4.78 is 41.5. The topological polar surface area (TPSA) is 24.8 Å². The number of anilines is 1. The SMILES string of the molecule is FC(F)=C(F)CC1=NN(c2ccc(Cl)cc2)CO1. The van der Waals surface area contributed by atoms with E-state index in [4.69, 9.17) is 16.3 Å². The Hall–Kier alpha value is -1.69. The van der Waals surface area contributed by atoms with Gasteiger partial charge in [0.1, 0.15) is 0 Å². The number of rotatable bonds is 3. The first kappa shape index (κ1) is 12.8. The summed E-state index contributed by atoms with van der Waals surface area (Å²) >= 11 is 5.73. The number of nitrogens with zero attached hydrogens (tertiary/aromatic N) is 2. The molecule has 1 aromatic rings. The van der Waals surface area contributed by atoms with Gasteiger partial charge in [-0.25, -0.2) is 9.40 Å². The standard InChI is InChI=1S/C11H8ClF3N2O/c12-7-1-3-8(4-2-7)17-6-18-10(16-17)5-9(13)11(14)15/h1-4H,5-6H2. The maximum absolute atomic E-state index is 12.7. The summed E-state index contributed by atoms with van der Waals surface area (Å²) in [6, 6.07) is 6.71. The highest BCUT2D eigenvalue weighted by Gasteiger charge is 2.20. The van der Waals surface area contributed by atoms with E-state index < -0.39 is 18.3 Å². The Morgan fingerprint density at radius 2 is 1.94 bits per heavy atom. The molecule has 7 heteroatoms. The number of halogens is 4. The summed E-state index contributed by atoms with van der Waals surface area (Å²) in [5.74, 6) is -1.62. The number of benzene rings is 1. The fourth-order valence-corrected chi connectivity index (χ4v) is 1.49. The molecule has 0 spiro atoms. The Morgan fingerprint density at radius 1 is 1.28 bits per heavy atom. The molecular formula is C11H8ClF3N2O. The largest absolute Gasteiger partial charge is 0.456 e. The van der Waals surface area contributed by atoms with Crippen LogP contribution in [0.1, 0.15) is 6.42 Å². The van der Waals surface area contributed by atoms with Gasteiger partial charge in [0.15, 0.2) is 12.6 Å². The molecule has 0 fully saturated rings. The molecule has 2 rings (SSSR count). The van der Waals surface area contributed by atoms with Crippen LogP contribution in [0.3, 0.4) is 0 Å². The first-order valence-electron chi connectivity index (χ1n) is 4.99. The van der Waals surface area contributed by atoms with Gasteiger partial charge in [0.05, 0.1) is 12.1 Å². The van der Waals surface area contributed by atoms with E-state index in [-0.39, 0.29) is 12.6 Å². The third-order valence-electron chi connectivity index (χ3n) is 2.22. The van der Waals surface area contributed by atoms with Crippen LogP contribution in [0.2, 0.25) is 5.02 Å². The van der Waals surface area contributed by atoms with Gasteiger partial charge in [0.25, 0.3) is 0 Å². The van der Waals surface area contributed by atoms with Crippen molar-refractivity contribution in [3.63, 3.8) is 0 Å². The zero-order valence-corrected chi connectivity index (χ0v) is 9.79. The zero-order valence-electron chi connectivity index (χ0n) is 9.04. The van der Waals surface area contributed by atoms with Crippen molar-refractivity contribution in [3.05, 3.63) is 41.2 Å². The van der Waals surface area contributed by atoms with E-state index >= 15 is 0 Å². The van der Waals surface area contributed by atoms with Crippen molar-refractivity contribution >= 4 is 23.2 Å². The molecule has 0 aromatic heterocycles. The minimum absolute atomic E-state index is 0.0537. The second kappa shape index (κ2) is 5.30. The second-order valence-corrected chi connectivity index (χ2v) is 3.92. The van der Waals surface area contributed by atoms with Crippen molar-refractivity contribution in [1.29, 1.82) is 0 Å². The molecule has 0 N–H and O–H groups in total. The van der Waals surface area contributed by atoms with Crippen molar-refractivity contribution in [2.24, 2.45) is 5.10 Å². The molecule has 1 aliphatic rings. The number of ether oxygens (including phenoxy) is 1. The summed E-state index contributed by atoms with van der Waals surface area (Å²) in [4.78, 5) is 0. The minimum Gasteiger partial charge on any atom is -0.456 e. The average Bonchev–Trinajstić information content (AvgIpc) is 2.78. The summed E-state index contributed by atoms with van der Waals surface area (Å²) in [5, 5.41) is 5.88. The zero-order chi connectivity index (χ0) is 13.1. The molecule has 0 saturated heterocycles. The maximum Gasteiger partial charge on any atom is 0.302 e. The van der Waals surface area contributed by atoms with Gasteiger partial charge in [-0.15, -0.1) is 5.10 Å². The summed E-state index contributed by atoms with van der Waals surface area (Å²) in [6.45, 7) is 0.0537. The molecule has 1 aliphatic heterocycles. The fraction of sp³-hybridized carbons (Fsp3) is 0.182. The third-order valence-corrected chi connectivity index (χ3v) is 2.47. The van der Waals surface area contributed by atoms with Gasteiger partial charge in [-0.2, -0.15) is 8.78 Å². The van der Waals surface area contributed by atoms with E-state index in [9.17, 15) is 13.2 Å².